The Morgan fingerprint density at radius 3 is 1.66 bits per heavy atom. The van der Waals surface area contributed by atoms with E-state index in [9.17, 15) is 18.9 Å². The minimum atomic E-state index is -3.92. The quantitative estimate of drug-likeness (QED) is 0.124. The molecule has 1 amide bonds. The molecular weight excluding hydrogens is 513 g/mol. The third-order valence-electron chi connectivity index (χ3n) is 5.00. The topological polar surface area (TPSA) is 126 Å². The molecule has 200 valence electrons. The molecule has 0 fully saturated rings. The summed E-state index contributed by atoms with van der Waals surface area (Å²) in [5, 5.41) is 0. The molecule has 0 atom stereocenters. The van der Waals surface area contributed by atoms with E-state index in [1.165, 1.54) is 0 Å². The lowest BCUT2D eigenvalue weighted by molar-refractivity contribution is -0.134. The number of carbonyl (C=O) groups excluding carboxylic acids is 3. The summed E-state index contributed by atoms with van der Waals surface area (Å²) in [6.07, 6.45) is -0.152. The number of esters is 2. The van der Waals surface area contributed by atoms with Crippen molar-refractivity contribution in [3.8, 4) is 0 Å². The van der Waals surface area contributed by atoms with Crippen LogP contribution in [0.1, 0.15) is 39.1 Å². The average molecular weight is 541 g/mol. The van der Waals surface area contributed by atoms with Crippen molar-refractivity contribution in [1.29, 1.82) is 0 Å². The molecule has 3 aromatic rings. The van der Waals surface area contributed by atoms with E-state index in [2.05, 4.69) is 5.48 Å². The number of rotatable bonds is 15. The lowest BCUT2D eigenvalue weighted by Gasteiger charge is -2.18. The molecule has 0 saturated carbocycles. The molecule has 11 heteroatoms. The number of hydrogen-bond donors (Lipinski definition) is 1. The Morgan fingerprint density at radius 2 is 1.16 bits per heavy atom. The summed E-state index contributed by atoms with van der Waals surface area (Å²) in [6, 6.07) is 25.7. The Labute approximate surface area is 220 Å². The normalized spacial score (nSPS) is 10.9. The van der Waals surface area contributed by atoms with Crippen LogP contribution in [0.25, 0.3) is 0 Å². The molecule has 0 heterocycles. The van der Waals surface area contributed by atoms with E-state index in [4.69, 9.17) is 23.4 Å². The highest BCUT2D eigenvalue weighted by Crippen LogP contribution is 2.49. The third-order valence-corrected chi connectivity index (χ3v) is 6.86. The number of benzene rings is 3. The minimum Gasteiger partial charge on any atom is -0.434 e. The van der Waals surface area contributed by atoms with Gasteiger partial charge in [-0.1, -0.05) is 66.7 Å². The first-order chi connectivity index (χ1) is 18.5. The lowest BCUT2D eigenvalue weighted by atomic mass is 10.2. The molecule has 0 saturated heterocycles. The Bertz CT molecular complexity index is 1150. The predicted octanol–water partition coefficient (Wildman–Crippen LogP) is 4.87. The van der Waals surface area contributed by atoms with Crippen LogP contribution in [0, 0.1) is 0 Å². The maximum absolute atomic E-state index is 13.2. The van der Waals surface area contributed by atoms with Crippen molar-refractivity contribution in [3.63, 3.8) is 0 Å². The van der Waals surface area contributed by atoms with Crippen molar-refractivity contribution in [2.75, 3.05) is 19.7 Å². The molecule has 0 unspecified atom stereocenters. The molecule has 3 rings (SSSR count). The van der Waals surface area contributed by atoms with Crippen LogP contribution in [0.2, 0.25) is 0 Å². The largest absolute Gasteiger partial charge is 0.434 e. The van der Waals surface area contributed by atoms with Crippen LogP contribution in [0.4, 0.5) is 0 Å². The number of ether oxygens (including phenoxy) is 2. The summed E-state index contributed by atoms with van der Waals surface area (Å²) in [6.45, 7) is -1.13. The van der Waals surface area contributed by atoms with Gasteiger partial charge in [-0.2, -0.15) is 0 Å². The molecule has 3 aromatic carbocycles. The molecule has 0 radical (unpaired) electrons. The molecule has 0 aromatic heterocycles. The SMILES string of the molecule is O=C(CCCP(=O)(OCOC(=O)c1ccccc1)OCOC(=O)c1ccccc1)NOCc1ccccc1. The van der Waals surface area contributed by atoms with Gasteiger partial charge in [-0.05, 0) is 36.2 Å². The maximum atomic E-state index is 13.2. The van der Waals surface area contributed by atoms with Crippen LogP contribution in [0.3, 0.4) is 0 Å². The standard InChI is InChI=1S/C27H28NO9P/c29-25(28-35-19-22-11-4-1-5-12-22)17-10-18-38(32,36-20-33-26(30)23-13-6-2-7-14-23)37-21-34-27(31)24-15-8-3-9-16-24/h1-9,11-16H,10,17-21H2,(H,28,29). The van der Waals surface area contributed by atoms with Crippen molar-refractivity contribution in [2.24, 2.45) is 0 Å². The van der Waals surface area contributed by atoms with Crippen molar-refractivity contribution in [2.45, 2.75) is 19.4 Å². The second-order valence-corrected chi connectivity index (χ2v) is 10.0. The monoisotopic (exact) mass is 541 g/mol. The van der Waals surface area contributed by atoms with Crippen molar-refractivity contribution in [3.05, 3.63) is 108 Å². The van der Waals surface area contributed by atoms with Gasteiger partial charge in [0.1, 0.15) is 0 Å². The van der Waals surface area contributed by atoms with Crippen LogP contribution < -0.4 is 5.48 Å². The lowest BCUT2D eigenvalue weighted by Crippen LogP contribution is -2.23. The number of hydroxylamine groups is 1. The van der Waals surface area contributed by atoms with Gasteiger partial charge in [0.2, 0.25) is 19.5 Å². The van der Waals surface area contributed by atoms with Crippen molar-refractivity contribution < 1.29 is 42.3 Å². The highest BCUT2D eigenvalue weighted by molar-refractivity contribution is 7.53. The van der Waals surface area contributed by atoms with Crippen molar-refractivity contribution >= 4 is 25.4 Å². The summed E-state index contributed by atoms with van der Waals surface area (Å²) in [5.41, 5.74) is 3.78. The molecule has 38 heavy (non-hydrogen) atoms. The Balaban J connectivity index is 1.47. The second-order valence-electron chi connectivity index (χ2n) is 7.83. The summed E-state index contributed by atoms with van der Waals surface area (Å²) >= 11 is 0. The zero-order chi connectivity index (χ0) is 27.1. The van der Waals surface area contributed by atoms with Gasteiger partial charge in [-0.3, -0.25) is 23.2 Å². The minimum absolute atomic E-state index is 0.0426. The fourth-order valence-corrected chi connectivity index (χ4v) is 4.37. The molecule has 1 N–H and O–H groups in total. The highest BCUT2D eigenvalue weighted by Gasteiger charge is 2.27. The zero-order valence-corrected chi connectivity index (χ0v) is 21.4. The van der Waals surface area contributed by atoms with Crippen LogP contribution in [-0.2, 0) is 39.3 Å². The summed E-state index contributed by atoms with van der Waals surface area (Å²) in [4.78, 5) is 41.5. The summed E-state index contributed by atoms with van der Waals surface area (Å²) in [7, 11) is -3.92. The van der Waals surface area contributed by atoms with Gasteiger partial charge < -0.3 is 9.47 Å². The van der Waals surface area contributed by atoms with E-state index >= 15 is 0 Å². The predicted molar refractivity (Wildman–Crippen MR) is 137 cm³/mol. The number of amides is 1. The van der Waals surface area contributed by atoms with Crippen LogP contribution in [0.5, 0.6) is 0 Å². The number of carbonyl (C=O) groups is 3. The molecule has 0 bridgehead atoms. The zero-order valence-electron chi connectivity index (χ0n) is 20.5. The van der Waals surface area contributed by atoms with Gasteiger partial charge in [0, 0.05) is 6.42 Å². The smallest absolute Gasteiger partial charge is 0.340 e. The molecule has 0 spiro atoms. The molecule has 0 aliphatic carbocycles. The first kappa shape index (κ1) is 28.7. The first-order valence-electron chi connectivity index (χ1n) is 11.7. The molecule has 0 aliphatic rings. The van der Waals surface area contributed by atoms with E-state index in [0.29, 0.717) is 0 Å². The van der Waals surface area contributed by atoms with Gasteiger partial charge in [-0.15, -0.1) is 0 Å². The Kier molecular flexibility index (Phi) is 11.7. The van der Waals surface area contributed by atoms with E-state index in [0.717, 1.165) is 5.56 Å². The Morgan fingerprint density at radius 1 is 0.684 bits per heavy atom. The third kappa shape index (κ3) is 10.3. The van der Waals surface area contributed by atoms with Crippen LogP contribution in [-0.4, -0.2) is 37.6 Å². The number of hydrogen-bond acceptors (Lipinski definition) is 9. The highest BCUT2D eigenvalue weighted by atomic mass is 31.2. The van der Waals surface area contributed by atoms with Gasteiger partial charge >= 0.3 is 19.5 Å². The fourth-order valence-electron chi connectivity index (χ4n) is 3.06. The van der Waals surface area contributed by atoms with E-state index in [1.807, 2.05) is 30.3 Å². The average Bonchev–Trinajstić information content (AvgIpc) is 2.94. The van der Waals surface area contributed by atoms with Gasteiger partial charge in [0.05, 0.1) is 23.9 Å². The van der Waals surface area contributed by atoms with Crippen molar-refractivity contribution in [1.82, 2.24) is 5.48 Å². The first-order valence-corrected chi connectivity index (χ1v) is 13.4. The Hall–Kier alpha value is -3.82. The fraction of sp³-hybridized carbons (Fsp3) is 0.222. The summed E-state index contributed by atoms with van der Waals surface area (Å²) in [5.74, 6) is -1.79. The van der Waals surface area contributed by atoms with E-state index < -0.39 is 39.0 Å². The number of nitrogens with one attached hydrogen (secondary N) is 1. The summed E-state index contributed by atoms with van der Waals surface area (Å²) < 4.78 is 33.8. The van der Waals surface area contributed by atoms with Crippen LogP contribution in [0.15, 0.2) is 91.0 Å². The molecular formula is C27H28NO9P. The van der Waals surface area contributed by atoms with E-state index in [-0.39, 0.29) is 36.7 Å². The molecule has 0 aliphatic heterocycles. The van der Waals surface area contributed by atoms with E-state index in [1.54, 1.807) is 60.7 Å². The van der Waals surface area contributed by atoms with Crippen LogP contribution >= 0.6 is 7.60 Å². The second kappa shape index (κ2) is 15.4. The maximum Gasteiger partial charge on any atom is 0.340 e. The van der Waals surface area contributed by atoms with Gasteiger partial charge in [-0.25, -0.2) is 15.1 Å². The van der Waals surface area contributed by atoms with Gasteiger partial charge in [0.15, 0.2) is 0 Å². The molecule has 10 nitrogen and oxygen atoms in total. The van der Waals surface area contributed by atoms with Gasteiger partial charge in [0.25, 0.3) is 0 Å².